The largest absolute Gasteiger partial charge is 0.370 e. The third kappa shape index (κ3) is 4.20. The van der Waals surface area contributed by atoms with Gasteiger partial charge >= 0.3 is 0 Å². The molecular formula is C12H17BrN4O2. The molecule has 2 amide bonds. The molecule has 3 N–H and O–H groups in total. The van der Waals surface area contributed by atoms with Crippen LogP contribution in [-0.4, -0.2) is 36.4 Å². The quantitative estimate of drug-likeness (QED) is 0.756. The van der Waals surface area contributed by atoms with Gasteiger partial charge in [-0.15, -0.1) is 0 Å². The molecule has 19 heavy (non-hydrogen) atoms. The van der Waals surface area contributed by atoms with E-state index in [1.807, 2.05) is 6.92 Å². The summed E-state index contributed by atoms with van der Waals surface area (Å²) in [6.07, 6.45) is 1.61. The number of amides is 2. The lowest BCUT2D eigenvalue weighted by atomic mass is 10.2. The number of likely N-dealkylation sites (N-methyl/N-ethyl adjacent to an activating group) is 1. The van der Waals surface area contributed by atoms with Gasteiger partial charge in [-0.05, 0) is 35.8 Å². The van der Waals surface area contributed by atoms with Crippen LogP contribution in [0.1, 0.15) is 24.2 Å². The number of halogens is 1. The molecule has 0 fully saturated rings. The maximum Gasteiger partial charge on any atom is 0.255 e. The lowest BCUT2D eigenvalue weighted by molar-refractivity contribution is -0.122. The minimum atomic E-state index is -0.606. The first-order chi connectivity index (χ1) is 8.99. The van der Waals surface area contributed by atoms with Crippen molar-refractivity contribution in [2.75, 3.05) is 18.9 Å². The van der Waals surface area contributed by atoms with Crippen LogP contribution in [0, 0.1) is 0 Å². The molecule has 6 nitrogen and oxygen atoms in total. The standard InChI is InChI=1S/C12H17BrN4O2/c1-4-15-10-9(5-8(13)6-16-10)12(19)17-7(2)11(18)14-3/h5-7H,4H2,1-3H3,(H,14,18)(H,15,16)(H,17,19). The van der Waals surface area contributed by atoms with Crippen LogP contribution >= 0.6 is 15.9 Å². The number of hydrogen-bond donors (Lipinski definition) is 3. The first kappa shape index (κ1) is 15.4. The van der Waals surface area contributed by atoms with E-state index < -0.39 is 6.04 Å². The summed E-state index contributed by atoms with van der Waals surface area (Å²) >= 11 is 3.27. The van der Waals surface area contributed by atoms with Crippen molar-refractivity contribution in [3.8, 4) is 0 Å². The Hall–Kier alpha value is -1.63. The lowest BCUT2D eigenvalue weighted by Gasteiger charge is -2.14. The maximum atomic E-state index is 12.1. The first-order valence-corrected chi connectivity index (χ1v) is 6.70. The Balaban J connectivity index is 2.92. The maximum absolute atomic E-state index is 12.1. The van der Waals surface area contributed by atoms with Gasteiger partial charge in [0.15, 0.2) is 0 Å². The molecule has 0 spiro atoms. The van der Waals surface area contributed by atoms with Gasteiger partial charge in [-0.2, -0.15) is 0 Å². The van der Waals surface area contributed by atoms with Crippen molar-refractivity contribution in [1.29, 1.82) is 0 Å². The molecule has 0 aromatic carbocycles. The molecule has 1 heterocycles. The molecule has 0 aliphatic heterocycles. The molecule has 0 saturated carbocycles. The van der Waals surface area contributed by atoms with Crippen molar-refractivity contribution in [3.05, 3.63) is 22.3 Å². The molecule has 0 aliphatic rings. The molecule has 7 heteroatoms. The Morgan fingerprint density at radius 2 is 2.16 bits per heavy atom. The molecule has 0 radical (unpaired) electrons. The molecule has 1 unspecified atom stereocenters. The fourth-order valence-corrected chi connectivity index (χ4v) is 1.81. The van der Waals surface area contributed by atoms with Gasteiger partial charge in [0.05, 0.1) is 5.56 Å². The van der Waals surface area contributed by atoms with Crippen molar-refractivity contribution >= 4 is 33.6 Å². The van der Waals surface area contributed by atoms with E-state index >= 15 is 0 Å². The van der Waals surface area contributed by atoms with Crippen LogP contribution in [0.2, 0.25) is 0 Å². The number of hydrogen-bond acceptors (Lipinski definition) is 4. The summed E-state index contributed by atoms with van der Waals surface area (Å²) in [5.41, 5.74) is 0.395. The fraction of sp³-hybridized carbons (Fsp3) is 0.417. The van der Waals surface area contributed by atoms with Crippen LogP contribution in [0.5, 0.6) is 0 Å². The lowest BCUT2D eigenvalue weighted by Crippen LogP contribution is -2.43. The zero-order valence-electron chi connectivity index (χ0n) is 11.1. The summed E-state index contributed by atoms with van der Waals surface area (Å²) < 4.78 is 0.701. The van der Waals surface area contributed by atoms with Gasteiger partial charge in [-0.25, -0.2) is 4.98 Å². The second-order valence-corrected chi connectivity index (χ2v) is 4.81. The molecule has 0 saturated heterocycles. The van der Waals surface area contributed by atoms with Crippen molar-refractivity contribution < 1.29 is 9.59 Å². The second kappa shape index (κ2) is 7.08. The minimum Gasteiger partial charge on any atom is -0.370 e. The van der Waals surface area contributed by atoms with E-state index in [9.17, 15) is 9.59 Å². The number of rotatable bonds is 5. The number of carbonyl (C=O) groups excluding carboxylic acids is 2. The Morgan fingerprint density at radius 3 is 2.74 bits per heavy atom. The number of nitrogens with zero attached hydrogens (tertiary/aromatic N) is 1. The van der Waals surface area contributed by atoms with Crippen LogP contribution in [0.25, 0.3) is 0 Å². The van der Waals surface area contributed by atoms with Crippen molar-refractivity contribution in [1.82, 2.24) is 15.6 Å². The zero-order valence-corrected chi connectivity index (χ0v) is 12.7. The molecule has 0 bridgehead atoms. The van der Waals surface area contributed by atoms with Gasteiger partial charge in [-0.3, -0.25) is 9.59 Å². The van der Waals surface area contributed by atoms with E-state index in [-0.39, 0.29) is 11.8 Å². The van der Waals surface area contributed by atoms with E-state index in [4.69, 9.17) is 0 Å². The van der Waals surface area contributed by atoms with Crippen LogP contribution in [0.4, 0.5) is 5.82 Å². The summed E-state index contributed by atoms with van der Waals surface area (Å²) in [7, 11) is 1.52. The van der Waals surface area contributed by atoms with Gasteiger partial charge < -0.3 is 16.0 Å². The van der Waals surface area contributed by atoms with E-state index in [0.29, 0.717) is 22.4 Å². The summed E-state index contributed by atoms with van der Waals surface area (Å²) in [5, 5.41) is 8.11. The SMILES string of the molecule is CCNc1ncc(Br)cc1C(=O)NC(C)C(=O)NC. The van der Waals surface area contributed by atoms with Crippen LogP contribution in [0.3, 0.4) is 0 Å². The van der Waals surface area contributed by atoms with E-state index in [0.717, 1.165) is 0 Å². The highest BCUT2D eigenvalue weighted by Gasteiger charge is 2.18. The molecule has 104 valence electrons. The third-order valence-corrected chi connectivity index (χ3v) is 2.86. The second-order valence-electron chi connectivity index (χ2n) is 3.89. The Kier molecular flexibility index (Phi) is 5.75. The summed E-state index contributed by atoms with van der Waals surface area (Å²) in [6, 6.07) is 1.06. The van der Waals surface area contributed by atoms with Gasteiger partial charge in [0.1, 0.15) is 11.9 Å². The molecule has 1 aromatic heterocycles. The predicted octanol–water partition coefficient (Wildman–Crippen LogP) is 1.14. The Bertz CT molecular complexity index is 479. The van der Waals surface area contributed by atoms with E-state index in [2.05, 4.69) is 36.9 Å². The van der Waals surface area contributed by atoms with Crippen molar-refractivity contribution in [3.63, 3.8) is 0 Å². The third-order valence-electron chi connectivity index (χ3n) is 2.43. The molecular weight excluding hydrogens is 312 g/mol. The highest BCUT2D eigenvalue weighted by Crippen LogP contribution is 2.18. The normalized spacial score (nSPS) is 11.6. The Labute approximate surface area is 120 Å². The summed E-state index contributed by atoms with van der Waals surface area (Å²) in [5.74, 6) is -0.102. The average Bonchev–Trinajstić information content (AvgIpc) is 2.39. The topological polar surface area (TPSA) is 83.1 Å². The fourth-order valence-electron chi connectivity index (χ4n) is 1.48. The zero-order chi connectivity index (χ0) is 14.4. The van der Waals surface area contributed by atoms with Crippen LogP contribution < -0.4 is 16.0 Å². The monoisotopic (exact) mass is 328 g/mol. The van der Waals surface area contributed by atoms with Gasteiger partial charge in [0.25, 0.3) is 5.91 Å². The average molecular weight is 329 g/mol. The number of aromatic nitrogens is 1. The van der Waals surface area contributed by atoms with E-state index in [1.54, 1.807) is 19.2 Å². The van der Waals surface area contributed by atoms with Crippen molar-refractivity contribution in [2.45, 2.75) is 19.9 Å². The van der Waals surface area contributed by atoms with Gasteiger partial charge in [0, 0.05) is 24.3 Å². The van der Waals surface area contributed by atoms with E-state index in [1.165, 1.54) is 7.05 Å². The minimum absolute atomic E-state index is 0.249. The van der Waals surface area contributed by atoms with Gasteiger partial charge in [-0.1, -0.05) is 0 Å². The van der Waals surface area contributed by atoms with Gasteiger partial charge in [0.2, 0.25) is 5.91 Å². The van der Waals surface area contributed by atoms with Crippen LogP contribution in [-0.2, 0) is 4.79 Å². The van der Waals surface area contributed by atoms with Crippen molar-refractivity contribution in [2.24, 2.45) is 0 Å². The highest BCUT2D eigenvalue weighted by molar-refractivity contribution is 9.10. The number of anilines is 1. The Morgan fingerprint density at radius 1 is 1.47 bits per heavy atom. The molecule has 0 aliphatic carbocycles. The summed E-state index contributed by atoms with van der Waals surface area (Å²) in [4.78, 5) is 27.7. The first-order valence-electron chi connectivity index (χ1n) is 5.91. The number of pyridine rings is 1. The number of nitrogens with one attached hydrogen (secondary N) is 3. The molecule has 1 atom stereocenters. The molecule has 1 rings (SSSR count). The molecule has 1 aromatic rings. The highest BCUT2D eigenvalue weighted by atomic mass is 79.9. The smallest absolute Gasteiger partial charge is 0.255 e. The number of carbonyl (C=O) groups is 2. The van der Waals surface area contributed by atoms with Crippen LogP contribution in [0.15, 0.2) is 16.7 Å². The predicted molar refractivity (Wildman–Crippen MR) is 77.1 cm³/mol. The summed E-state index contributed by atoms with van der Waals surface area (Å²) in [6.45, 7) is 4.19.